The summed E-state index contributed by atoms with van der Waals surface area (Å²) < 4.78 is 25.6. The first-order valence-corrected chi connectivity index (χ1v) is 15.1. The monoisotopic (exact) mass is 372 g/mol. The quantitative estimate of drug-likeness (QED) is 0.514. The first kappa shape index (κ1) is 19.0. The zero-order chi connectivity index (χ0) is 18.4. The van der Waals surface area contributed by atoms with E-state index in [0.717, 1.165) is 12.8 Å². The van der Waals surface area contributed by atoms with Crippen molar-refractivity contribution >= 4 is 16.6 Å². The van der Waals surface area contributed by atoms with Crippen LogP contribution in [0.15, 0.2) is 0 Å². The molecule has 0 bridgehead atoms. The smallest absolute Gasteiger partial charge is 0.195 e. The van der Waals surface area contributed by atoms with Crippen molar-refractivity contribution in [2.75, 3.05) is 0 Å². The van der Waals surface area contributed by atoms with Gasteiger partial charge < -0.3 is 18.3 Å². The van der Waals surface area contributed by atoms with Gasteiger partial charge in [0.1, 0.15) is 12.2 Å². The average Bonchev–Trinajstić information content (AvgIpc) is 3.13. The molecule has 3 fully saturated rings. The molecule has 2 saturated heterocycles. The van der Waals surface area contributed by atoms with E-state index in [2.05, 4.69) is 67.7 Å². The van der Waals surface area contributed by atoms with E-state index in [1.807, 2.05) is 0 Å². The lowest BCUT2D eigenvalue weighted by molar-refractivity contribution is -0.0468. The normalized spacial score (nSPS) is 39.2. The number of hydrogen-bond donors (Lipinski definition) is 0. The Balaban J connectivity index is 1.75. The highest BCUT2D eigenvalue weighted by molar-refractivity contribution is 6.74. The van der Waals surface area contributed by atoms with Gasteiger partial charge in [-0.1, -0.05) is 41.5 Å². The molecule has 0 aromatic rings. The van der Waals surface area contributed by atoms with Crippen molar-refractivity contribution in [1.29, 1.82) is 0 Å². The fourth-order valence-corrected chi connectivity index (χ4v) is 5.98. The van der Waals surface area contributed by atoms with Gasteiger partial charge in [0.05, 0.1) is 6.42 Å². The van der Waals surface area contributed by atoms with Crippen LogP contribution in [0.3, 0.4) is 0 Å². The number of fused-ring (bicyclic) bond motifs is 2. The van der Waals surface area contributed by atoms with E-state index in [4.69, 9.17) is 18.3 Å². The van der Waals surface area contributed by atoms with E-state index in [9.17, 15) is 0 Å². The molecule has 0 aromatic heterocycles. The van der Waals surface area contributed by atoms with Gasteiger partial charge in [-0.2, -0.15) is 0 Å². The van der Waals surface area contributed by atoms with Crippen LogP contribution in [0.4, 0.5) is 0 Å². The number of hydrogen-bond acceptors (Lipinski definition) is 4. The van der Waals surface area contributed by atoms with Crippen molar-refractivity contribution in [3.63, 3.8) is 0 Å². The molecular formula is C18H36O4Si2. The molecule has 0 N–H and O–H groups in total. The van der Waals surface area contributed by atoms with Crippen LogP contribution in [-0.2, 0) is 18.3 Å². The molecule has 4 atom stereocenters. The van der Waals surface area contributed by atoms with Crippen LogP contribution in [0.5, 0.6) is 0 Å². The minimum absolute atomic E-state index is 0.174. The van der Waals surface area contributed by atoms with Gasteiger partial charge in [0, 0.05) is 6.42 Å². The van der Waals surface area contributed by atoms with Crippen molar-refractivity contribution in [3.8, 4) is 0 Å². The van der Waals surface area contributed by atoms with Gasteiger partial charge >= 0.3 is 0 Å². The van der Waals surface area contributed by atoms with Crippen LogP contribution in [0.1, 0.15) is 54.4 Å². The third-order valence-corrected chi connectivity index (χ3v) is 15.9. The van der Waals surface area contributed by atoms with Crippen LogP contribution < -0.4 is 0 Å². The summed E-state index contributed by atoms with van der Waals surface area (Å²) in [5, 5.41) is 0.347. The Morgan fingerprint density at radius 1 is 0.750 bits per heavy atom. The van der Waals surface area contributed by atoms with Crippen LogP contribution in [-0.4, -0.2) is 40.4 Å². The minimum Gasteiger partial charge on any atom is -0.388 e. The zero-order valence-corrected chi connectivity index (χ0v) is 19.2. The van der Waals surface area contributed by atoms with E-state index in [1.165, 1.54) is 0 Å². The molecule has 1 saturated carbocycles. The molecule has 2 heterocycles. The van der Waals surface area contributed by atoms with Crippen molar-refractivity contribution in [2.24, 2.45) is 0 Å². The first-order chi connectivity index (χ1) is 10.5. The van der Waals surface area contributed by atoms with Crippen LogP contribution in [0.2, 0.25) is 36.3 Å². The molecule has 0 spiro atoms. The lowest BCUT2D eigenvalue weighted by Gasteiger charge is -2.42. The maximum Gasteiger partial charge on any atom is 0.195 e. The highest BCUT2D eigenvalue weighted by Crippen LogP contribution is 2.64. The molecule has 2 aliphatic heterocycles. The Morgan fingerprint density at radius 3 is 1.38 bits per heavy atom. The molecule has 1 aliphatic carbocycles. The topological polar surface area (TPSA) is 43.5 Å². The van der Waals surface area contributed by atoms with E-state index in [-0.39, 0.29) is 22.3 Å². The van der Waals surface area contributed by atoms with Crippen molar-refractivity contribution in [2.45, 2.75) is 114 Å². The molecule has 0 amide bonds. The summed E-state index contributed by atoms with van der Waals surface area (Å²) in [6.07, 6.45) is 2.02. The second-order valence-electron chi connectivity index (χ2n) is 11.0. The average molecular weight is 373 g/mol. The van der Waals surface area contributed by atoms with Gasteiger partial charge in [-0.15, -0.1) is 0 Å². The zero-order valence-electron chi connectivity index (χ0n) is 17.2. The highest BCUT2D eigenvalue weighted by atomic mass is 28.4. The Hall–Kier alpha value is 0.274. The SMILES string of the molecule is CC(C)(C)[Si](C)(C)O[C@]12C[C@]3(O[Si](C)(C)C(C)(C)C)O[C@@H]3CC1O2. The molecule has 0 aromatic carbocycles. The fraction of sp³-hybridized carbons (Fsp3) is 1.00. The van der Waals surface area contributed by atoms with E-state index in [1.54, 1.807) is 0 Å². The Bertz CT molecular complexity index is 488. The van der Waals surface area contributed by atoms with Gasteiger partial charge in [-0.3, -0.25) is 0 Å². The second-order valence-corrected chi connectivity index (χ2v) is 20.4. The molecule has 140 valence electrons. The van der Waals surface area contributed by atoms with E-state index in [0.29, 0.717) is 0 Å². The Morgan fingerprint density at radius 2 is 1.08 bits per heavy atom. The summed E-state index contributed by atoms with van der Waals surface area (Å²) in [7, 11) is -3.77. The van der Waals surface area contributed by atoms with Crippen LogP contribution >= 0.6 is 0 Å². The Labute approximate surface area is 149 Å². The summed E-state index contributed by atoms with van der Waals surface area (Å²) in [6.45, 7) is 22.8. The van der Waals surface area contributed by atoms with Gasteiger partial charge in [0.2, 0.25) is 0 Å². The summed E-state index contributed by atoms with van der Waals surface area (Å²) in [6, 6.07) is 0. The van der Waals surface area contributed by atoms with Gasteiger partial charge in [-0.05, 0) is 36.3 Å². The highest BCUT2D eigenvalue weighted by Gasteiger charge is 2.78. The number of epoxide rings is 2. The third-order valence-electron chi connectivity index (χ3n) is 6.94. The van der Waals surface area contributed by atoms with Crippen molar-refractivity contribution in [1.82, 2.24) is 0 Å². The molecule has 6 heteroatoms. The molecule has 24 heavy (non-hydrogen) atoms. The Kier molecular flexibility index (Phi) is 3.93. The molecular weight excluding hydrogens is 336 g/mol. The second kappa shape index (κ2) is 4.95. The largest absolute Gasteiger partial charge is 0.388 e. The molecule has 3 rings (SSSR count). The predicted octanol–water partition coefficient (Wildman–Crippen LogP) is 5.01. The van der Waals surface area contributed by atoms with Gasteiger partial charge in [0.15, 0.2) is 28.2 Å². The number of ether oxygens (including phenoxy) is 2. The summed E-state index contributed by atoms with van der Waals surface area (Å²) in [5.74, 6) is -0.920. The number of rotatable bonds is 4. The first-order valence-electron chi connectivity index (χ1n) is 9.30. The molecule has 3 aliphatic rings. The minimum atomic E-state index is -1.89. The standard InChI is InChI=1S/C18H36O4Si2/c1-15(2,3)23(7,8)21-17-12-18(14(20-18)11-13(17)19-17)22-24(9,10)16(4,5)6/h13-14H,11-12H2,1-10H3/t13-,14?,17-,18-/m1/s1. The predicted molar refractivity (Wildman–Crippen MR) is 101 cm³/mol. The molecule has 4 nitrogen and oxygen atoms in total. The maximum atomic E-state index is 6.70. The molecule has 0 radical (unpaired) electrons. The van der Waals surface area contributed by atoms with Crippen LogP contribution in [0.25, 0.3) is 0 Å². The molecule has 1 unspecified atom stereocenters. The lowest BCUT2D eigenvalue weighted by atomic mass is 9.95. The summed E-state index contributed by atoms with van der Waals surface area (Å²) >= 11 is 0. The third kappa shape index (κ3) is 2.97. The summed E-state index contributed by atoms with van der Waals surface area (Å²) in [4.78, 5) is 0. The van der Waals surface area contributed by atoms with Gasteiger partial charge in [0.25, 0.3) is 0 Å². The maximum absolute atomic E-state index is 6.70. The van der Waals surface area contributed by atoms with E-state index < -0.39 is 28.2 Å². The van der Waals surface area contributed by atoms with Crippen LogP contribution in [0, 0.1) is 0 Å². The fourth-order valence-electron chi connectivity index (χ4n) is 3.14. The van der Waals surface area contributed by atoms with Crippen molar-refractivity contribution in [3.05, 3.63) is 0 Å². The van der Waals surface area contributed by atoms with Crippen molar-refractivity contribution < 1.29 is 18.3 Å². The van der Waals surface area contributed by atoms with E-state index >= 15 is 0 Å². The van der Waals surface area contributed by atoms with Gasteiger partial charge in [-0.25, -0.2) is 0 Å². The summed E-state index contributed by atoms with van der Waals surface area (Å²) in [5.41, 5.74) is 0. The lowest BCUT2D eigenvalue weighted by Crippen LogP contribution is -2.52.